The van der Waals surface area contributed by atoms with Crippen molar-refractivity contribution in [3.63, 3.8) is 0 Å². The summed E-state index contributed by atoms with van der Waals surface area (Å²) in [5, 5.41) is 2.51. The molecule has 1 aromatic carbocycles. The number of hydrogen-bond donors (Lipinski definition) is 1. The first-order chi connectivity index (χ1) is 11.2. The number of ether oxygens (including phenoxy) is 1. The molecule has 1 heterocycles. The van der Waals surface area contributed by atoms with Gasteiger partial charge in [-0.3, -0.25) is 9.69 Å². The van der Waals surface area contributed by atoms with Gasteiger partial charge in [0.05, 0.1) is 12.3 Å². The number of imide groups is 1. The summed E-state index contributed by atoms with van der Waals surface area (Å²) in [6.45, 7) is 4.18. The van der Waals surface area contributed by atoms with E-state index in [9.17, 15) is 18.0 Å². The van der Waals surface area contributed by atoms with Gasteiger partial charge in [0, 0.05) is 6.26 Å². The Labute approximate surface area is 141 Å². The van der Waals surface area contributed by atoms with Gasteiger partial charge in [0.25, 0.3) is 5.91 Å². The van der Waals surface area contributed by atoms with Crippen LogP contribution in [0.3, 0.4) is 0 Å². The second-order valence-corrected chi connectivity index (χ2v) is 8.29. The van der Waals surface area contributed by atoms with Gasteiger partial charge in [0.2, 0.25) is 0 Å². The Balaban J connectivity index is 1.89. The molecule has 2 rings (SSSR count). The van der Waals surface area contributed by atoms with Crippen molar-refractivity contribution in [2.75, 3.05) is 25.2 Å². The summed E-state index contributed by atoms with van der Waals surface area (Å²) < 4.78 is 28.0. The van der Waals surface area contributed by atoms with Gasteiger partial charge in [-0.1, -0.05) is 12.1 Å². The molecule has 24 heavy (non-hydrogen) atoms. The standard InChI is InChI=1S/C16H22N2O5S/c1-11-4-5-12(2)14(10-11)23-8-7-18-15(19)13(17-16(18)20)6-9-24(3,21)22/h4-5,10,13H,6-9H2,1-3H3,(H,17,20)/t13-/m1/s1. The van der Waals surface area contributed by atoms with Gasteiger partial charge >= 0.3 is 6.03 Å². The summed E-state index contributed by atoms with van der Waals surface area (Å²) in [4.78, 5) is 25.1. The number of hydrogen-bond acceptors (Lipinski definition) is 5. The number of amides is 3. The normalized spacial score (nSPS) is 18.0. The van der Waals surface area contributed by atoms with Crippen LogP contribution >= 0.6 is 0 Å². The number of sulfone groups is 1. The average Bonchev–Trinajstić information content (AvgIpc) is 2.75. The number of carbonyl (C=O) groups excluding carboxylic acids is 2. The maximum absolute atomic E-state index is 12.2. The number of urea groups is 1. The molecule has 0 spiro atoms. The molecule has 8 heteroatoms. The van der Waals surface area contributed by atoms with E-state index >= 15 is 0 Å². The number of aryl methyl sites for hydroxylation is 2. The zero-order valence-electron chi connectivity index (χ0n) is 14.0. The van der Waals surface area contributed by atoms with E-state index in [1.165, 1.54) is 0 Å². The van der Waals surface area contributed by atoms with E-state index in [0.717, 1.165) is 28.0 Å². The monoisotopic (exact) mass is 354 g/mol. The Morgan fingerprint density at radius 2 is 1.96 bits per heavy atom. The zero-order chi connectivity index (χ0) is 17.9. The third kappa shape index (κ3) is 4.70. The Hall–Kier alpha value is -2.09. The zero-order valence-corrected chi connectivity index (χ0v) is 14.9. The van der Waals surface area contributed by atoms with Crippen LogP contribution in [0.2, 0.25) is 0 Å². The SMILES string of the molecule is Cc1ccc(C)c(OCCN2C(=O)N[C@H](CCS(C)(=O)=O)C2=O)c1. The lowest BCUT2D eigenvalue weighted by Crippen LogP contribution is -2.35. The lowest BCUT2D eigenvalue weighted by molar-refractivity contribution is -0.127. The molecule has 1 fully saturated rings. The first-order valence-corrected chi connectivity index (χ1v) is 9.73. The van der Waals surface area contributed by atoms with Crippen LogP contribution in [0.15, 0.2) is 18.2 Å². The third-order valence-corrected chi connectivity index (χ3v) is 4.78. The summed E-state index contributed by atoms with van der Waals surface area (Å²) in [5.74, 6) is 0.167. The minimum Gasteiger partial charge on any atom is -0.491 e. The average molecular weight is 354 g/mol. The maximum Gasteiger partial charge on any atom is 0.324 e. The minimum absolute atomic E-state index is 0.0811. The van der Waals surface area contributed by atoms with Gasteiger partial charge in [-0.05, 0) is 37.5 Å². The molecular formula is C16H22N2O5S. The van der Waals surface area contributed by atoms with Crippen molar-refractivity contribution in [3.05, 3.63) is 29.3 Å². The van der Waals surface area contributed by atoms with Crippen LogP contribution in [-0.2, 0) is 14.6 Å². The van der Waals surface area contributed by atoms with Crippen LogP contribution in [0.25, 0.3) is 0 Å². The number of nitrogens with zero attached hydrogens (tertiary/aromatic N) is 1. The largest absolute Gasteiger partial charge is 0.491 e. The minimum atomic E-state index is -3.18. The van der Waals surface area contributed by atoms with Gasteiger partial charge in [0.1, 0.15) is 28.2 Å². The highest BCUT2D eigenvalue weighted by molar-refractivity contribution is 7.90. The lowest BCUT2D eigenvalue weighted by Gasteiger charge is -2.15. The molecule has 3 amide bonds. The van der Waals surface area contributed by atoms with E-state index in [0.29, 0.717) is 0 Å². The van der Waals surface area contributed by atoms with Crippen LogP contribution in [0.5, 0.6) is 5.75 Å². The van der Waals surface area contributed by atoms with E-state index in [-0.39, 0.29) is 25.3 Å². The number of rotatable bonds is 7. The van der Waals surface area contributed by atoms with E-state index < -0.39 is 27.8 Å². The van der Waals surface area contributed by atoms with Crippen molar-refractivity contribution in [1.29, 1.82) is 0 Å². The molecule has 7 nitrogen and oxygen atoms in total. The molecular weight excluding hydrogens is 332 g/mol. The molecule has 0 aromatic heterocycles. The summed E-state index contributed by atoms with van der Waals surface area (Å²) in [5.41, 5.74) is 2.04. The highest BCUT2D eigenvalue weighted by atomic mass is 32.2. The van der Waals surface area contributed by atoms with Crippen molar-refractivity contribution in [3.8, 4) is 5.75 Å². The Kier molecular flexibility index (Phi) is 5.48. The molecule has 0 unspecified atom stereocenters. The molecule has 1 aliphatic rings. The van der Waals surface area contributed by atoms with E-state index in [4.69, 9.17) is 4.74 Å². The van der Waals surface area contributed by atoms with Crippen LogP contribution < -0.4 is 10.1 Å². The lowest BCUT2D eigenvalue weighted by atomic mass is 10.1. The molecule has 0 saturated carbocycles. The van der Waals surface area contributed by atoms with Crippen molar-refractivity contribution < 1.29 is 22.7 Å². The van der Waals surface area contributed by atoms with Gasteiger partial charge in [-0.2, -0.15) is 0 Å². The predicted octanol–water partition coefficient (Wildman–Crippen LogP) is 1.04. The Morgan fingerprint density at radius 1 is 1.25 bits per heavy atom. The molecule has 1 saturated heterocycles. The van der Waals surface area contributed by atoms with Crippen LogP contribution in [0, 0.1) is 13.8 Å². The van der Waals surface area contributed by atoms with Crippen molar-refractivity contribution in [2.24, 2.45) is 0 Å². The molecule has 0 aliphatic carbocycles. The molecule has 0 radical (unpaired) electrons. The third-order valence-electron chi connectivity index (χ3n) is 3.80. The highest BCUT2D eigenvalue weighted by Crippen LogP contribution is 2.19. The number of carbonyl (C=O) groups is 2. The number of nitrogens with one attached hydrogen (secondary N) is 1. The van der Waals surface area contributed by atoms with Crippen molar-refractivity contribution in [2.45, 2.75) is 26.3 Å². The van der Waals surface area contributed by atoms with Crippen molar-refractivity contribution >= 4 is 21.8 Å². The van der Waals surface area contributed by atoms with E-state index in [2.05, 4.69) is 5.32 Å². The summed E-state index contributed by atoms with van der Waals surface area (Å²) in [7, 11) is -3.18. The second kappa shape index (κ2) is 7.21. The molecule has 1 aliphatic heterocycles. The topological polar surface area (TPSA) is 92.8 Å². The molecule has 1 atom stereocenters. The second-order valence-electron chi connectivity index (χ2n) is 6.03. The van der Waals surface area contributed by atoms with E-state index in [1.54, 1.807) is 0 Å². The first kappa shape index (κ1) is 18.3. The fourth-order valence-corrected chi connectivity index (χ4v) is 3.09. The van der Waals surface area contributed by atoms with Gasteiger partial charge in [-0.25, -0.2) is 13.2 Å². The highest BCUT2D eigenvalue weighted by Gasteiger charge is 2.37. The Bertz CT molecular complexity index is 745. The summed E-state index contributed by atoms with van der Waals surface area (Å²) in [6.07, 6.45) is 1.18. The van der Waals surface area contributed by atoms with Gasteiger partial charge < -0.3 is 10.1 Å². The molecule has 1 N–H and O–H groups in total. The first-order valence-electron chi connectivity index (χ1n) is 7.67. The summed E-state index contributed by atoms with van der Waals surface area (Å²) >= 11 is 0. The van der Waals surface area contributed by atoms with Crippen LogP contribution in [0.1, 0.15) is 17.5 Å². The van der Waals surface area contributed by atoms with E-state index in [1.807, 2.05) is 32.0 Å². The molecule has 0 bridgehead atoms. The fraction of sp³-hybridized carbons (Fsp3) is 0.500. The quantitative estimate of drug-likeness (QED) is 0.739. The molecule has 132 valence electrons. The summed E-state index contributed by atoms with van der Waals surface area (Å²) in [6, 6.07) is 4.53. The Morgan fingerprint density at radius 3 is 2.62 bits per heavy atom. The number of benzene rings is 1. The maximum atomic E-state index is 12.2. The fourth-order valence-electron chi connectivity index (χ4n) is 2.43. The van der Waals surface area contributed by atoms with Crippen LogP contribution in [-0.4, -0.2) is 56.5 Å². The van der Waals surface area contributed by atoms with Crippen LogP contribution in [0.4, 0.5) is 4.79 Å². The van der Waals surface area contributed by atoms with Crippen molar-refractivity contribution in [1.82, 2.24) is 10.2 Å². The smallest absolute Gasteiger partial charge is 0.324 e. The van der Waals surface area contributed by atoms with Gasteiger partial charge in [-0.15, -0.1) is 0 Å². The molecule has 1 aromatic rings. The van der Waals surface area contributed by atoms with Gasteiger partial charge in [0.15, 0.2) is 0 Å². The predicted molar refractivity (Wildman–Crippen MR) is 89.8 cm³/mol.